The minimum Gasteiger partial charge on any atom is -0.382 e. The lowest BCUT2D eigenvalue weighted by atomic mass is 10.1. The predicted molar refractivity (Wildman–Crippen MR) is 146 cm³/mol. The lowest BCUT2D eigenvalue weighted by Crippen LogP contribution is -2.29. The molecule has 0 aliphatic rings. The van der Waals surface area contributed by atoms with Crippen LogP contribution in [0.3, 0.4) is 0 Å². The van der Waals surface area contributed by atoms with Gasteiger partial charge in [-0.25, -0.2) is 23.7 Å². The summed E-state index contributed by atoms with van der Waals surface area (Å²) < 4.78 is 30.2. The van der Waals surface area contributed by atoms with E-state index in [1.165, 1.54) is 35.2 Å². The van der Waals surface area contributed by atoms with E-state index < -0.39 is 23.2 Å². The van der Waals surface area contributed by atoms with E-state index >= 15 is 0 Å². The molecule has 192 valence electrons. The van der Waals surface area contributed by atoms with E-state index in [9.17, 15) is 13.6 Å². The third-order valence-electron chi connectivity index (χ3n) is 5.83. The summed E-state index contributed by atoms with van der Waals surface area (Å²) in [5.41, 5.74) is 7.14. The summed E-state index contributed by atoms with van der Waals surface area (Å²) in [7, 11) is 0. The summed E-state index contributed by atoms with van der Waals surface area (Å²) in [4.78, 5) is 26.6. The molecular formula is C29H26F2N6O. The Morgan fingerprint density at radius 2 is 1.92 bits per heavy atom. The first kappa shape index (κ1) is 26.2. The van der Waals surface area contributed by atoms with Gasteiger partial charge in [0.15, 0.2) is 0 Å². The van der Waals surface area contributed by atoms with E-state index in [1.54, 1.807) is 26.8 Å². The molecule has 0 radical (unpaired) electrons. The molecule has 0 amide bonds. The van der Waals surface area contributed by atoms with Gasteiger partial charge in [0.1, 0.15) is 46.4 Å². The van der Waals surface area contributed by atoms with E-state index in [2.05, 4.69) is 32.1 Å². The molecule has 38 heavy (non-hydrogen) atoms. The van der Waals surface area contributed by atoms with Crippen LogP contribution in [0.2, 0.25) is 0 Å². The van der Waals surface area contributed by atoms with Gasteiger partial charge in [-0.05, 0) is 50.6 Å². The zero-order valence-electron chi connectivity index (χ0n) is 21.2. The number of halogens is 2. The van der Waals surface area contributed by atoms with Gasteiger partial charge in [-0.1, -0.05) is 49.1 Å². The van der Waals surface area contributed by atoms with Crippen LogP contribution in [-0.2, 0) is 0 Å². The fourth-order valence-corrected chi connectivity index (χ4v) is 3.90. The number of hydrogen-bond acceptors (Lipinski definition) is 6. The first-order chi connectivity index (χ1) is 18.3. The molecule has 4 aromatic rings. The van der Waals surface area contributed by atoms with Crippen LogP contribution in [-0.4, -0.2) is 19.5 Å². The van der Waals surface area contributed by atoms with Crippen LogP contribution in [0.4, 0.5) is 20.4 Å². The van der Waals surface area contributed by atoms with Crippen molar-refractivity contribution in [2.45, 2.75) is 33.2 Å². The number of nitrogens with one attached hydrogen (secondary N) is 1. The summed E-state index contributed by atoms with van der Waals surface area (Å²) in [6.45, 7) is 5.08. The minimum atomic E-state index is -0.704. The molecule has 0 saturated heterocycles. The number of allylic oxidation sites excluding steroid dienone is 4. The summed E-state index contributed by atoms with van der Waals surface area (Å²) in [5, 5.41) is 3.04. The van der Waals surface area contributed by atoms with Gasteiger partial charge in [0.05, 0.1) is 11.6 Å². The number of nitrogen functional groups attached to an aromatic ring is 1. The highest BCUT2D eigenvalue weighted by molar-refractivity contribution is 5.79. The maximum atomic E-state index is 14.7. The molecule has 0 aliphatic heterocycles. The Hall–Kier alpha value is -4.84. The van der Waals surface area contributed by atoms with Gasteiger partial charge in [-0.15, -0.1) is 0 Å². The van der Waals surface area contributed by atoms with Gasteiger partial charge in [0, 0.05) is 11.3 Å². The molecule has 0 aliphatic carbocycles. The highest BCUT2D eigenvalue weighted by Crippen LogP contribution is 2.26. The van der Waals surface area contributed by atoms with Gasteiger partial charge in [-0.3, -0.25) is 9.36 Å². The number of nitrogens with two attached hydrogens (primary N) is 1. The Labute approximate surface area is 218 Å². The topological polar surface area (TPSA) is 98.7 Å². The molecule has 2 aromatic heterocycles. The van der Waals surface area contributed by atoms with Crippen molar-refractivity contribution in [1.82, 2.24) is 19.5 Å². The van der Waals surface area contributed by atoms with Gasteiger partial charge >= 0.3 is 0 Å². The maximum Gasteiger partial charge on any atom is 0.268 e. The molecule has 0 saturated carbocycles. The highest BCUT2D eigenvalue weighted by Gasteiger charge is 2.22. The molecular weight excluding hydrogens is 486 g/mol. The summed E-state index contributed by atoms with van der Waals surface area (Å²) in [6.07, 6.45) is 4.10. The fourth-order valence-electron chi connectivity index (χ4n) is 3.90. The molecule has 2 heterocycles. The van der Waals surface area contributed by atoms with Crippen LogP contribution in [0.5, 0.6) is 0 Å². The zero-order chi connectivity index (χ0) is 27.2. The minimum absolute atomic E-state index is 0.174. The monoisotopic (exact) mass is 512 g/mol. The molecule has 0 bridgehead atoms. The molecule has 2 aromatic carbocycles. The van der Waals surface area contributed by atoms with Crippen molar-refractivity contribution >= 4 is 28.2 Å². The van der Waals surface area contributed by atoms with Crippen LogP contribution in [0.15, 0.2) is 77.6 Å². The van der Waals surface area contributed by atoms with Crippen LogP contribution in [0, 0.1) is 17.7 Å². The van der Waals surface area contributed by atoms with Crippen LogP contribution in [0.25, 0.3) is 16.6 Å². The van der Waals surface area contributed by atoms with Gasteiger partial charge in [0.2, 0.25) is 0 Å². The third-order valence-corrected chi connectivity index (χ3v) is 5.83. The van der Waals surface area contributed by atoms with Crippen molar-refractivity contribution in [3.05, 3.63) is 106 Å². The second-order valence-corrected chi connectivity index (χ2v) is 8.37. The summed E-state index contributed by atoms with van der Waals surface area (Å²) in [6, 6.07) is 13.0. The molecule has 0 spiro atoms. The van der Waals surface area contributed by atoms with E-state index in [0.29, 0.717) is 17.1 Å². The predicted octanol–water partition coefficient (Wildman–Crippen LogP) is 5.60. The van der Waals surface area contributed by atoms with E-state index in [4.69, 9.17) is 5.73 Å². The standard InChI is InChI=1S/C29H26F2N6O/c1-4-20(30)16-21(5-2)37-28(36-24-13-9-12-23(31)25(24)29(37)38)18(3)35-27-22(26(32)33-17-34-27)15-14-19-10-7-6-8-11-19/h4,6-13,16-18H,5H2,1-3H3,(H3,32,33,34,35)/b20-4+,21-16+. The number of aromatic nitrogens is 4. The second kappa shape index (κ2) is 11.5. The van der Waals surface area contributed by atoms with Crippen molar-refractivity contribution in [1.29, 1.82) is 0 Å². The first-order valence-electron chi connectivity index (χ1n) is 12.0. The van der Waals surface area contributed by atoms with Crippen molar-refractivity contribution in [2.75, 3.05) is 11.1 Å². The molecule has 9 heteroatoms. The van der Waals surface area contributed by atoms with Crippen molar-refractivity contribution < 1.29 is 8.78 Å². The van der Waals surface area contributed by atoms with Crippen molar-refractivity contribution in [3.63, 3.8) is 0 Å². The molecule has 4 rings (SSSR count). The Morgan fingerprint density at radius 1 is 1.16 bits per heavy atom. The molecule has 1 unspecified atom stereocenters. The number of anilines is 2. The number of nitrogens with zero attached hydrogens (tertiary/aromatic N) is 4. The van der Waals surface area contributed by atoms with Crippen LogP contribution >= 0.6 is 0 Å². The third kappa shape index (κ3) is 5.44. The molecule has 1 atom stereocenters. The molecule has 3 N–H and O–H groups in total. The smallest absolute Gasteiger partial charge is 0.268 e. The van der Waals surface area contributed by atoms with Gasteiger partial charge < -0.3 is 11.1 Å². The van der Waals surface area contributed by atoms with E-state index in [0.717, 1.165) is 5.56 Å². The normalized spacial score (nSPS) is 12.7. The Kier molecular flexibility index (Phi) is 7.92. The van der Waals surface area contributed by atoms with Gasteiger partial charge in [0.25, 0.3) is 5.56 Å². The summed E-state index contributed by atoms with van der Waals surface area (Å²) >= 11 is 0. The van der Waals surface area contributed by atoms with E-state index in [-0.39, 0.29) is 29.0 Å². The average molecular weight is 513 g/mol. The lowest BCUT2D eigenvalue weighted by Gasteiger charge is -2.22. The van der Waals surface area contributed by atoms with Gasteiger partial charge in [-0.2, -0.15) is 0 Å². The second-order valence-electron chi connectivity index (χ2n) is 8.37. The SMILES string of the molecule is C/C=C(F)\C=C(/CC)n1c(C(C)Nc2ncnc(N)c2C#Cc2ccccc2)nc2cccc(F)c2c1=O. The maximum absolute atomic E-state index is 14.7. The summed E-state index contributed by atoms with van der Waals surface area (Å²) in [5.74, 6) is 5.57. The van der Waals surface area contributed by atoms with Crippen LogP contribution in [0.1, 0.15) is 50.2 Å². The Morgan fingerprint density at radius 3 is 2.63 bits per heavy atom. The first-order valence-corrected chi connectivity index (χ1v) is 12.0. The van der Waals surface area contributed by atoms with Crippen molar-refractivity contribution in [2.24, 2.45) is 0 Å². The largest absolute Gasteiger partial charge is 0.382 e. The number of fused-ring (bicyclic) bond motifs is 1. The number of rotatable bonds is 6. The Bertz CT molecular complexity index is 1670. The zero-order valence-corrected chi connectivity index (χ0v) is 21.2. The lowest BCUT2D eigenvalue weighted by molar-refractivity contribution is 0.634. The van der Waals surface area contributed by atoms with E-state index in [1.807, 2.05) is 30.3 Å². The molecule has 0 fully saturated rings. The fraction of sp³-hybridized carbons (Fsp3) is 0.172. The highest BCUT2D eigenvalue weighted by atomic mass is 19.1. The quantitative estimate of drug-likeness (QED) is 0.258. The van der Waals surface area contributed by atoms with Crippen LogP contribution < -0.4 is 16.6 Å². The number of hydrogen-bond donors (Lipinski definition) is 2. The molecule has 7 nitrogen and oxygen atoms in total. The van der Waals surface area contributed by atoms with Crippen molar-refractivity contribution in [3.8, 4) is 11.8 Å². The Balaban J connectivity index is 1.87. The number of benzene rings is 2. The average Bonchev–Trinajstić information content (AvgIpc) is 2.92.